The molecule has 0 aliphatic heterocycles. The largest absolute Gasteiger partial charge is 0.496 e. The molecule has 112 valence electrons. The Bertz CT molecular complexity index is 893. The molecule has 0 spiro atoms. The fourth-order valence-electron chi connectivity index (χ4n) is 2.36. The van der Waals surface area contributed by atoms with Crippen LogP contribution in [0.15, 0.2) is 41.5 Å². The van der Waals surface area contributed by atoms with Gasteiger partial charge in [-0.25, -0.2) is 4.79 Å². The molecule has 6 nitrogen and oxygen atoms in total. The predicted octanol–water partition coefficient (Wildman–Crippen LogP) is 2.48. The maximum absolute atomic E-state index is 12.4. The van der Waals surface area contributed by atoms with E-state index in [9.17, 15) is 4.79 Å². The molecule has 0 atom stereocenters. The van der Waals surface area contributed by atoms with Gasteiger partial charge in [0.25, 0.3) is 0 Å². The van der Waals surface area contributed by atoms with Crippen molar-refractivity contribution in [2.45, 2.75) is 0 Å². The van der Waals surface area contributed by atoms with Crippen molar-refractivity contribution >= 4 is 28.3 Å². The van der Waals surface area contributed by atoms with E-state index in [1.54, 1.807) is 50.8 Å². The van der Waals surface area contributed by atoms with Crippen LogP contribution in [0, 0.1) is 0 Å². The van der Waals surface area contributed by atoms with Gasteiger partial charge in [-0.15, -0.1) is 0 Å². The molecule has 22 heavy (non-hydrogen) atoms. The number of benzene rings is 1. The first-order chi connectivity index (χ1) is 10.7. The van der Waals surface area contributed by atoms with Crippen LogP contribution in [-0.4, -0.2) is 28.7 Å². The number of aromatic nitrogens is 3. The number of halogens is 1. The molecule has 0 aliphatic carbocycles. The first-order valence-corrected chi connectivity index (χ1v) is 6.92. The van der Waals surface area contributed by atoms with Gasteiger partial charge >= 0.3 is 5.69 Å². The molecule has 3 rings (SSSR count). The van der Waals surface area contributed by atoms with Gasteiger partial charge in [-0.3, -0.25) is 9.55 Å². The molecule has 2 heterocycles. The Hall–Kier alpha value is -2.60. The van der Waals surface area contributed by atoms with Gasteiger partial charge in [-0.1, -0.05) is 11.6 Å². The van der Waals surface area contributed by atoms with Crippen LogP contribution in [0.2, 0.25) is 5.02 Å². The zero-order valence-electron chi connectivity index (χ0n) is 12.0. The maximum atomic E-state index is 12.4. The van der Waals surface area contributed by atoms with E-state index in [0.717, 1.165) is 0 Å². The molecule has 0 unspecified atom stereocenters. The number of rotatable bonds is 3. The smallest absolute Gasteiger partial charge is 0.354 e. The Balaban J connectivity index is 2.51. The second-order valence-electron chi connectivity index (χ2n) is 4.54. The van der Waals surface area contributed by atoms with Crippen LogP contribution in [0.3, 0.4) is 0 Å². The summed E-state index contributed by atoms with van der Waals surface area (Å²) in [5, 5.41) is 4.07. The first-order valence-electron chi connectivity index (χ1n) is 6.54. The molecule has 0 amide bonds. The Morgan fingerprint density at radius 2 is 2.18 bits per heavy atom. The van der Waals surface area contributed by atoms with Gasteiger partial charge in [-0.05, 0) is 24.3 Å². The predicted molar refractivity (Wildman–Crippen MR) is 86.2 cm³/mol. The summed E-state index contributed by atoms with van der Waals surface area (Å²) < 4.78 is 6.84. The van der Waals surface area contributed by atoms with Crippen molar-refractivity contribution < 1.29 is 4.74 Å². The SMILES string of the molecule is CNc1nc(=O)n(-c2cccnc2)c2cc(Cl)cc(OC)c12. The van der Waals surface area contributed by atoms with Crippen LogP contribution in [0.5, 0.6) is 5.75 Å². The normalized spacial score (nSPS) is 10.7. The van der Waals surface area contributed by atoms with Crippen LogP contribution in [0.1, 0.15) is 0 Å². The topological polar surface area (TPSA) is 69.0 Å². The molecule has 7 heteroatoms. The van der Waals surface area contributed by atoms with E-state index in [-0.39, 0.29) is 0 Å². The fraction of sp³-hybridized carbons (Fsp3) is 0.133. The molecular formula is C15H13ClN4O2. The molecule has 1 aromatic carbocycles. The van der Waals surface area contributed by atoms with Gasteiger partial charge in [0, 0.05) is 18.3 Å². The van der Waals surface area contributed by atoms with Crippen molar-refractivity contribution in [3.05, 3.63) is 52.2 Å². The minimum atomic E-state index is -0.422. The second-order valence-corrected chi connectivity index (χ2v) is 4.98. The van der Waals surface area contributed by atoms with Gasteiger partial charge in [0.15, 0.2) is 0 Å². The number of fused-ring (bicyclic) bond motifs is 1. The number of ether oxygens (including phenoxy) is 1. The quantitative estimate of drug-likeness (QED) is 0.804. The summed E-state index contributed by atoms with van der Waals surface area (Å²) in [7, 11) is 3.24. The fourth-order valence-corrected chi connectivity index (χ4v) is 2.57. The Morgan fingerprint density at radius 3 is 2.82 bits per heavy atom. The van der Waals surface area contributed by atoms with E-state index in [1.165, 1.54) is 4.57 Å². The minimum Gasteiger partial charge on any atom is -0.496 e. The van der Waals surface area contributed by atoms with Crippen molar-refractivity contribution in [1.82, 2.24) is 14.5 Å². The average Bonchev–Trinajstić information content (AvgIpc) is 2.53. The Morgan fingerprint density at radius 1 is 1.36 bits per heavy atom. The highest BCUT2D eigenvalue weighted by Crippen LogP contribution is 2.33. The number of nitrogens with zero attached hydrogens (tertiary/aromatic N) is 3. The summed E-state index contributed by atoms with van der Waals surface area (Å²) in [6.45, 7) is 0. The van der Waals surface area contributed by atoms with Crippen molar-refractivity contribution in [2.24, 2.45) is 0 Å². The maximum Gasteiger partial charge on any atom is 0.354 e. The highest BCUT2D eigenvalue weighted by atomic mass is 35.5. The van der Waals surface area contributed by atoms with Crippen LogP contribution >= 0.6 is 11.6 Å². The molecule has 0 saturated carbocycles. The number of methoxy groups -OCH3 is 1. The molecule has 2 aromatic heterocycles. The molecular weight excluding hydrogens is 304 g/mol. The Kier molecular flexibility index (Phi) is 3.68. The second kappa shape index (κ2) is 5.65. The third-order valence-electron chi connectivity index (χ3n) is 3.28. The third-order valence-corrected chi connectivity index (χ3v) is 3.50. The Labute approximate surface area is 131 Å². The van der Waals surface area contributed by atoms with Crippen LogP contribution in [-0.2, 0) is 0 Å². The number of anilines is 1. The molecule has 0 radical (unpaired) electrons. The molecule has 1 N–H and O–H groups in total. The summed E-state index contributed by atoms with van der Waals surface area (Å²) in [4.78, 5) is 20.6. The molecule has 0 aliphatic rings. The van der Waals surface area contributed by atoms with E-state index in [1.807, 2.05) is 0 Å². The summed E-state index contributed by atoms with van der Waals surface area (Å²) >= 11 is 6.16. The van der Waals surface area contributed by atoms with Crippen LogP contribution in [0.25, 0.3) is 16.6 Å². The number of nitrogens with one attached hydrogen (secondary N) is 1. The highest BCUT2D eigenvalue weighted by molar-refractivity contribution is 6.31. The summed E-state index contributed by atoms with van der Waals surface area (Å²) in [6, 6.07) is 6.92. The standard InChI is InChI=1S/C15H13ClN4O2/c1-17-14-13-11(6-9(16)7-12(13)22-2)20(15(21)19-14)10-4-3-5-18-8-10/h3-8H,1-2H3,(H,17,19,21). The first kappa shape index (κ1) is 14.3. The van der Waals surface area contributed by atoms with Crippen LogP contribution in [0.4, 0.5) is 5.82 Å². The molecule has 3 aromatic rings. The monoisotopic (exact) mass is 316 g/mol. The lowest BCUT2D eigenvalue weighted by Gasteiger charge is -2.15. The van der Waals surface area contributed by atoms with Crippen molar-refractivity contribution in [3.63, 3.8) is 0 Å². The van der Waals surface area contributed by atoms with Crippen molar-refractivity contribution in [1.29, 1.82) is 0 Å². The van der Waals surface area contributed by atoms with E-state index < -0.39 is 5.69 Å². The van der Waals surface area contributed by atoms with Gasteiger partial charge in [0.1, 0.15) is 11.6 Å². The minimum absolute atomic E-state index is 0.422. The van der Waals surface area contributed by atoms with Gasteiger partial charge in [-0.2, -0.15) is 4.98 Å². The van der Waals surface area contributed by atoms with Gasteiger partial charge in [0.05, 0.1) is 29.9 Å². The number of hydrogen-bond acceptors (Lipinski definition) is 5. The lowest BCUT2D eigenvalue weighted by atomic mass is 10.2. The van der Waals surface area contributed by atoms with Gasteiger partial charge in [0.2, 0.25) is 0 Å². The molecule has 0 fully saturated rings. The number of hydrogen-bond donors (Lipinski definition) is 1. The van der Waals surface area contributed by atoms with E-state index in [4.69, 9.17) is 16.3 Å². The van der Waals surface area contributed by atoms with E-state index in [0.29, 0.717) is 33.2 Å². The van der Waals surface area contributed by atoms with E-state index in [2.05, 4.69) is 15.3 Å². The van der Waals surface area contributed by atoms with E-state index >= 15 is 0 Å². The number of pyridine rings is 1. The summed E-state index contributed by atoms with van der Waals surface area (Å²) in [5.41, 5.74) is 0.785. The zero-order chi connectivity index (χ0) is 15.7. The molecule has 0 saturated heterocycles. The third kappa shape index (κ3) is 2.27. The summed E-state index contributed by atoms with van der Waals surface area (Å²) in [6.07, 6.45) is 3.23. The van der Waals surface area contributed by atoms with Crippen LogP contribution < -0.4 is 15.7 Å². The van der Waals surface area contributed by atoms with Crippen molar-refractivity contribution in [3.8, 4) is 11.4 Å². The van der Waals surface area contributed by atoms with Gasteiger partial charge < -0.3 is 10.1 Å². The average molecular weight is 317 g/mol. The summed E-state index contributed by atoms with van der Waals surface area (Å²) in [5.74, 6) is 0.977. The lowest BCUT2D eigenvalue weighted by Crippen LogP contribution is -2.23. The lowest BCUT2D eigenvalue weighted by molar-refractivity contribution is 0.419. The molecule has 0 bridgehead atoms. The zero-order valence-corrected chi connectivity index (χ0v) is 12.8. The van der Waals surface area contributed by atoms with Crippen molar-refractivity contribution in [2.75, 3.05) is 19.5 Å². The highest BCUT2D eigenvalue weighted by Gasteiger charge is 2.16.